The number of rotatable bonds is 6. The van der Waals surface area contributed by atoms with Crippen molar-refractivity contribution in [1.82, 2.24) is 19.9 Å². The zero-order valence-corrected chi connectivity index (χ0v) is 18.3. The number of carbonyl (C=O) groups excluding carboxylic acids is 2. The Bertz CT molecular complexity index is 1320. The smallest absolute Gasteiger partial charge is 0.407 e. The molecule has 10 heteroatoms. The van der Waals surface area contributed by atoms with Crippen molar-refractivity contribution in [1.29, 1.82) is 0 Å². The lowest BCUT2D eigenvalue weighted by molar-refractivity contribution is -0.0788. The Morgan fingerprint density at radius 1 is 0.941 bits per heavy atom. The summed E-state index contributed by atoms with van der Waals surface area (Å²) in [6, 6.07) is 14.5. The fourth-order valence-electron chi connectivity index (χ4n) is 3.35. The molecule has 0 saturated heterocycles. The molecule has 0 spiro atoms. The molecule has 1 unspecified atom stereocenters. The molecule has 0 bridgehead atoms. The van der Waals surface area contributed by atoms with Gasteiger partial charge in [0, 0.05) is 48.2 Å². The lowest BCUT2D eigenvalue weighted by atomic mass is 9.95. The van der Waals surface area contributed by atoms with E-state index < -0.39 is 18.1 Å². The molecule has 4 aromatic rings. The Morgan fingerprint density at radius 2 is 1.65 bits per heavy atom. The Hall–Kier alpha value is -4.60. The quantitative estimate of drug-likeness (QED) is 0.452. The van der Waals surface area contributed by atoms with Crippen molar-refractivity contribution < 1.29 is 23.8 Å². The first-order valence-corrected chi connectivity index (χ1v) is 10.2. The van der Waals surface area contributed by atoms with E-state index in [9.17, 15) is 14.1 Å². The molecule has 0 aliphatic carbocycles. The zero-order chi connectivity index (χ0) is 24.1. The maximum atomic E-state index is 12.5. The first-order valence-electron chi connectivity index (χ1n) is 10.2. The summed E-state index contributed by atoms with van der Waals surface area (Å²) in [6.07, 6.45) is 4.21. The normalized spacial score (nSPS) is 11.5. The highest BCUT2D eigenvalue weighted by atomic mass is 19.3. The number of pyridine rings is 1. The van der Waals surface area contributed by atoms with Crippen molar-refractivity contribution in [2.75, 3.05) is 19.4 Å². The summed E-state index contributed by atoms with van der Waals surface area (Å²) in [4.78, 5) is 41.6. The predicted octanol–water partition coefficient (Wildman–Crippen LogP) is 4.33. The number of amides is 1. The molecule has 34 heavy (non-hydrogen) atoms. The van der Waals surface area contributed by atoms with E-state index in [1.165, 1.54) is 17.0 Å². The molecule has 1 atom stereocenters. The minimum Gasteiger partial charge on any atom is -0.407 e. The molecule has 172 valence electrons. The van der Waals surface area contributed by atoms with Crippen molar-refractivity contribution in [3.8, 4) is 5.75 Å². The second-order valence-corrected chi connectivity index (χ2v) is 7.46. The molecule has 2 aromatic carbocycles. The summed E-state index contributed by atoms with van der Waals surface area (Å²) in [5, 5.41) is 4.02. The molecule has 2 heterocycles. The van der Waals surface area contributed by atoms with Crippen LogP contribution in [-0.4, -0.2) is 46.0 Å². The van der Waals surface area contributed by atoms with E-state index in [4.69, 9.17) is 4.74 Å². The first kappa shape index (κ1) is 22.6. The van der Waals surface area contributed by atoms with Gasteiger partial charge in [0.25, 0.3) is 0 Å². The number of aromatic nitrogens is 3. The van der Waals surface area contributed by atoms with E-state index in [0.29, 0.717) is 22.6 Å². The van der Waals surface area contributed by atoms with Crippen LogP contribution in [0.4, 0.5) is 15.3 Å². The molecule has 0 fully saturated rings. The van der Waals surface area contributed by atoms with Gasteiger partial charge in [-0.15, -0.1) is 0 Å². The number of anilines is 1. The maximum Gasteiger partial charge on any atom is 0.414 e. The monoisotopic (exact) mass is 461 g/mol. The van der Waals surface area contributed by atoms with E-state index in [2.05, 4.69) is 25.2 Å². The standard InChI is InChI=1S/C24H20FN5O4/c1-30(2)24(32)33-21-18(11-10-15-5-3-12-26-20(15)21)19(29-23-27-13-4-14-28-23)16-6-8-17(9-7-16)22(31)34-25/h3-14,19H,1-2H3,(H,27,28,29). The van der Waals surface area contributed by atoms with Crippen LogP contribution in [0.15, 0.2) is 73.2 Å². The number of halogens is 1. The van der Waals surface area contributed by atoms with Crippen LogP contribution in [0, 0.1) is 0 Å². The summed E-state index contributed by atoms with van der Waals surface area (Å²) >= 11 is 0. The van der Waals surface area contributed by atoms with Crippen LogP contribution in [0.1, 0.15) is 27.5 Å². The maximum absolute atomic E-state index is 12.5. The average molecular weight is 461 g/mol. The number of hydrogen-bond donors (Lipinski definition) is 1. The van der Waals surface area contributed by atoms with Gasteiger partial charge in [0.1, 0.15) is 5.52 Å². The van der Waals surface area contributed by atoms with Gasteiger partial charge in [-0.3, -0.25) is 4.98 Å². The van der Waals surface area contributed by atoms with E-state index in [0.717, 1.165) is 5.39 Å². The van der Waals surface area contributed by atoms with Crippen LogP contribution in [0.3, 0.4) is 0 Å². The minimum atomic E-state index is -1.10. The third kappa shape index (κ3) is 4.75. The van der Waals surface area contributed by atoms with Gasteiger partial charge in [-0.1, -0.05) is 30.3 Å². The van der Waals surface area contributed by atoms with Gasteiger partial charge >= 0.3 is 12.1 Å². The Balaban J connectivity index is 1.87. The summed E-state index contributed by atoms with van der Waals surface area (Å²) in [6.45, 7) is 0. The third-order valence-corrected chi connectivity index (χ3v) is 5.01. The molecule has 0 aliphatic rings. The Kier molecular flexibility index (Phi) is 6.58. The van der Waals surface area contributed by atoms with Crippen molar-refractivity contribution in [2.24, 2.45) is 0 Å². The molecule has 9 nitrogen and oxygen atoms in total. The number of ether oxygens (including phenoxy) is 1. The molecule has 4 rings (SSSR count). The van der Waals surface area contributed by atoms with E-state index in [-0.39, 0.29) is 11.3 Å². The van der Waals surface area contributed by atoms with Crippen LogP contribution in [0.2, 0.25) is 0 Å². The van der Waals surface area contributed by atoms with Crippen LogP contribution < -0.4 is 10.1 Å². The highest BCUT2D eigenvalue weighted by Gasteiger charge is 2.24. The summed E-state index contributed by atoms with van der Waals surface area (Å²) < 4.78 is 18.1. The molecule has 2 aromatic heterocycles. The SMILES string of the molecule is CN(C)C(=O)Oc1c(C(Nc2ncccn2)c2ccc(C(=O)OF)cc2)ccc2cccnc12. The van der Waals surface area contributed by atoms with Crippen molar-refractivity contribution in [3.05, 3.63) is 89.9 Å². The number of carbonyl (C=O) groups is 2. The molecule has 1 amide bonds. The van der Waals surface area contributed by atoms with Gasteiger partial charge in [0.2, 0.25) is 5.95 Å². The van der Waals surface area contributed by atoms with Gasteiger partial charge < -0.3 is 15.0 Å². The number of fused-ring (bicyclic) bond motifs is 1. The average Bonchev–Trinajstić information content (AvgIpc) is 2.88. The minimum absolute atomic E-state index is 0.0420. The highest BCUT2D eigenvalue weighted by molar-refractivity contribution is 5.90. The molecule has 0 aliphatic heterocycles. The first-order chi connectivity index (χ1) is 16.5. The number of nitrogens with one attached hydrogen (secondary N) is 1. The molecular weight excluding hydrogens is 441 g/mol. The molecule has 0 saturated carbocycles. The summed E-state index contributed by atoms with van der Waals surface area (Å²) in [7, 11) is 3.16. The van der Waals surface area contributed by atoms with Gasteiger partial charge in [0.05, 0.1) is 11.6 Å². The Morgan fingerprint density at radius 3 is 2.32 bits per heavy atom. The van der Waals surface area contributed by atoms with Crippen LogP contribution >= 0.6 is 0 Å². The molecule has 1 N–H and O–H groups in total. The summed E-state index contributed by atoms with van der Waals surface area (Å²) in [5.41, 5.74) is 1.78. The molecule has 0 radical (unpaired) electrons. The van der Waals surface area contributed by atoms with Gasteiger partial charge in [-0.2, -0.15) is 0 Å². The number of hydrogen-bond acceptors (Lipinski definition) is 8. The van der Waals surface area contributed by atoms with E-state index >= 15 is 0 Å². The van der Waals surface area contributed by atoms with Gasteiger partial charge in [-0.25, -0.2) is 24.5 Å². The second kappa shape index (κ2) is 9.90. The topological polar surface area (TPSA) is 107 Å². The zero-order valence-electron chi connectivity index (χ0n) is 18.3. The third-order valence-electron chi connectivity index (χ3n) is 5.01. The highest BCUT2D eigenvalue weighted by Crippen LogP contribution is 2.37. The van der Waals surface area contributed by atoms with Crippen molar-refractivity contribution >= 4 is 28.9 Å². The van der Waals surface area contributed by atoms with Crippen molar-refractivity contribution in [2.45, 2.75) is 6.04 Å². The van der Waals surface area contributed by atoms with Crippen LogP contribution in [0.5, 0.6) is 5.75 Å². The summed E-state index contributed by atoms with van der Waals surface area (Å²) in [5.74, 6) is -0.513. The lowest BCUT2D eigenvalue weighted by Crippen LogP contribution is -2.26. The largest absolute Gasteiger partial charge is 0.414 e. The van der Waals surface area contributed by atoms with Crippen molar-refractivity contribution in [3.63, 3.8) is 0 Å². The van der Waals surface area contributed by atoms with Gasteiger partial charge in [-0.05, 0) is 29.8 Å². The second-order valence-electron chi connectivity index (χ2n) is 7.46. The van der Waals surface area contributed by atoms with E-state index in [1.807, 2.05) is 18.2 Å². The fraction of sp³-hybridized carbons (Fsp3) is 0.125. The Labute approximate surface area is 194 Å². The predicted molar refractivity (Wildman–Crippen MR) is 122 cm³/mol. The number of nitrogens with zero attached hydrogens (tertiary/aromatic N) is 4. The lowest BCUT2D eigenvalue weighted by Gasteiger charge is -2.23. The van der Waals surface area contributed by atoms with Crippen LogP contribution in [-0.2, 0) is 4.94 Å². The molecular formula is C24H20FN5O4. The fourth-order valence-corrected chi connectivity index (χ4v) is 3.35. The van der Waals surface area contributed by atoms with Crippen LogP contribution in [0.25, 0.3) is 10.9 Å². The van der Waals surface area contributed by atoms with E-state index in [1.54, 1.807) is 57.0 Å². The van der Waals surface area contributed by atoms with Gasteiger partial charge in [0.15, 0.2) is 5.75 Å². The number of benzene rings is 2.